The molecule has 0 aromatic heterocycles. The van der Waals surface area contributed by atoms with Crippen LogP contribution in [0.2, 0.25) is 0 Å². The molecule has 0 aliphatic rings. The fourth-order valence-electron chi connectivity index (χ4n) is 0.469. The first-order valence-electron chi connectivity index (χ1n) is 2.73. The van der Waals surface area contributed by atoms with E-state index in [1.54, 1.807) is 6.92 Å². The predicted octanol–water partition coefficient (Wildman–Crippen LogP) is 0.918. The van der Waals surface area contributed by atoms with Gasteiger partial charge in [0.15, 0.2) is 0 Å². The zero-order valence-electron chi connectivity index (χ0n) is 5.60. The van der Waals surface area contributed by atoms with E-state index in [1.165, 1.54) is 6.92 Å². The van der Waals surface area contributed by atoms with E-state index < -0.39 is 0 Å². The number of ether oxygens (including phenoxy) is 1. The van der Waals surface area contributed by atoms with Gasteiger partial charge in [0, 0.05) is 13.3 Å². The zero-order chi connectivity index (χ0) is 7.28. The molecule has 49 valence electrons. The quantitative estimate of drug-likeness (QED) is 0.405. The Balaban J connectivity index is 3.40. The van der Waals surface area contributed by atoms with Crippen LogP contribution in [0, 0.1) is 12.3 Å². The summed E-state index contributed by atoms with van der Waals surface area (Å²) in [6, 6.07) is 0. The molecule has 0 aromatic carbocycles. The number of carbonyl (C=O) groups excluding carboxylic acids is 1. The lowest BCUT2D eigenvalue weighted by Gasteiger charge is -2.06. The van der Waals surface area contributed by atoms with Crippen molar-refractivity contribution in [2.45, 2.75) is 26.4 Å². The predicted molar refractivity (Wildman–Crippen MR) is 33.0 cm³/mol. The maximum Gasteiger partial charge on any atom is 0.302 e. The highest BCUT2D eigenvalue weighted by Gasteiger charge is 2.00. The zero-order valence-corrected chi connectivity index (χ0v) is 5.60. The molecule has 0 heterocycles. The first kappa shape index (κ1) is 8.03. The molecule has 2 heteroatoms. The Morgan fingerprint density at radius 2 is 2.44 bits per heavy atom. The van der Waals surface area contributed by atoms with Crippen molar-refractivity contribution >= 4 is 5.97 Å². The van der Waals surface area contributed by atoms with Gasteiger partial charge in [0.05, 0.1) is 0 Å². The number of esters is 1. The van der Waals surface area contributed by atoms with E-state index in [1.807, 2.05) is 0 Å². The summed E-state index contributed by atoms with van der Waals surface area (Å²) in [6.07, 6.45) is 6.70. The molecule has 0 aliphatic carbocycles. The molecule has 0 fully saturated rings. The van der Waals surface area contributed by atoms with Crippen molar-refractivity contribution in [1.29, 1.82) is 0 Å². The average molecular weight is 125 g/mol. The SMILES string of the molecule is [C]#CCC(C)OC(C)=O. The molecule has 1 atom stereocenters. The van der Waals surface area contributed by atoms with Crippen molar-refractivity contribution in [1.82, 2.24) is 0 Å². The summed E-state index contributed by atoms with van der Waals surface area (Å²) in [5.41, 5.74) is 0. The summed E-state index contributed by atoms with van der Waals surface area (Å²) >= 11 is 0. The van der Waals surface area contributed by atoms with Crippen LogP contribution in [0.4, 0.5) is 0 Å². The molecule has 0 aromatic rings. The van der Waals surface area contributed by atoms with Gasteiger partial charge in [0.25, 0.3) is 0 Å². The van der Waals surface area contributed by atoms with Gasteiger partial charge in [-0.3, -0.25) is 4.79 Å². The largest absolute Gasteiger partial charge is 0.462 e. The minimum Gasteiger partial charge on any atom is -0.462 e. The normalized spacial score (nSPS) is 11.7. The van der Waals surface area contributed by atoms with Crippen LogP contribution in [0.1, 0.15) is 20.3 Å². The highest BCUT2D eigenvalue weighted by Crippen LogP contribution is 1.94. The first-order valence-corrected chi connectivity index (χ1v) is 2.73. The standard InChI is InChI=1S/C7H9O2/c1-4-5-6(2)9-7(3)8/h6H,5H2,2-3H3. The number of carbonyl (C=O) groups is 1. The molecule has 9 heavy (non-hydrogen) atoms. The Bertz CT molecular complexity index is 132. The van der Waals surface area contributed by atoms with Crippen molar-refractivity contribution in [2.75, 3.05) is 0 Å². The monoisotopic (exact) mass is 125 g/mol. The summed E-state index contributed by atoms with van der Waals surface area (Å²) in [5, 5.41) is 0. The van der Waals surface area contributed by atoms with E-state index in [2.05, 4.69) is 10.7 Å². The van der Waals surface area contributed by atoms with E-state index in [4.69, 9.17) is 6.42 Å². The highest BCUT2D eigenvalue weighted by molar-refractivity contribution is 5.66. The molecular weight excluding hydrogens is 116 g/mol. The maximum atomic E-state index is 10.2. The van der Waals surface area contributed by atoms with Gasteiger partial charge in [-0.15, -0.1) is 0 Å². The smallest absolute Gasteiger partial charge is 0.302 e. The number of hydrogen-bond donors (Lipinski definition) is 0. The van der Waals surface area contributed by atoms with Crippen LogP contribution in [0.15, 0.2) is 0 Å². The molecule has 0 N–H and O–H groups in total. The summed E-state index contributed by atoms with van der Waals surface area (Å²) in [4.78, 5) is 10.2. The minimum atomic E-state index is -0.308. The summed E-state index contributed by atoms with van der Waals surface area (Å²) < 4.78 is 4.67. The van der Waals surface area contributed by atoms with Gasteiger partial charge >= 0.3 is 5.97 Å². The summed E-state index contributed by atoms with van der Waals surface area (Å²) in [6.45, 7) is 3.07. The van der Waals surface area contributed by atoms with Crippen LogP contribution in [0.5, 0.6) is 0 Å². The van der Waals surface area contributed by atoms with Crippen molar-refractivity contribution in [3.05, 3.63) is 6.42 Å². The van der Waals surface area contributed by atoms with E-state index >= 15 is 0 Å². The second kappa shape index (κ2) is 3.96. The number of rotatable bonds is 2. The van der Waals surface area contributed by atoms with Gasteiger partial charge in [-0.05, 0) is 13.3 Å². The van der Waals surface area contributed by atoms with Crippen LogP contribution >= 0.6 is 0 Å². The van der Waals surface area contributed by atoms with Gasteiger partial charge in [-0.2, -0.15) is 0 Å². The first-order chi connectivity index (χ1) is 4.16. The highest BCUT2D eigenvalue weighted by atomic mass is 16.5. The van der Waals surface area contributed by atoms with Crippen LogP contribution in [-0.4, -0.2) is 12.1 Å². The van der Waals surface area contributed by atoms with Crippen LogP contribution < -0.4 is 0 Å². The molecule has 0 saturated carbocycles. The van der Waals surface area contributed by atoms with Gasteiger partial charge < -0.3 is 4.74 Å². The fourth-order valence-corrected chi connectivity index (χ4v) is 0.469. The summed E-state index contributed by atoms with van der Waals surface area (Å²) in [7, 11) is 0. The molecule has 1 radical (unpaired) electrons. The third-order valence-electron chi connectivity index (χ3n) is 0.757. The van der Waals surface area contributed by atoms with E-state index in [9.17, 15) is 4.79 Å². The lowest BCUT2D eigenvalue weighted by Crippen LogP contribution is -2.10. The van der Waals surface area contributed by atoms with Crippen LogP contribution in [0.25, 0.3) is 0 Å². The van der Waals surface area contributed by atoms with Crippen molar-refractivity contribution in [3.8, 4) is 5.92 Å². The Morgan fingerprint density at radius 3 is 2.78 bits per heavy atom. The van der Waals surface area contributed by atoms with Crippen molar-refractivity contribution < 1.29 is 9.53 Å². The molecule has 0 amide bonds. The molecule has 1 unspecified atom stereocenters. The molecular formula is C7H9O2. The van der Waals surface area contributed by atoms with Gasteiger partial charge in [-0.25, -0.2) is 0 Å². The second-order valence-corrected chi connectivity index (χ2v) is 1.80. The maximum absolute atomic E-state index is 10.2. The van der Waals surface area contributed by atoms with E-state index in [0.29, 0.717) is 6.42 Å². The van der Waals surface area contributed by atoms with E-state index in [0.717, 1.165) is 0 Å². The third kappa shape index (κ3) is 4.89. The second-order valence-electron chi connectivity index (χ2n) is 1.80. The van der Waals surface area contributed by atoms with Crippen LogP contribution in [-0.2, 0) is 9.53 Å². The Hall–Kier alpha value is -0.970. The Kier molecular flexibility index (Phi) is 3.54. The Morgan fingerprint density at radius 1 is 1.89 bits per heavy atom. The molecule has 0 bridgehead atoms. The molecule has 0 aliphatic heterocycles. The van der Waals surface area contributed by atoms with Gasteiger partial charge in [0.1, 0.15) is 6.10 Å². The van der Waals surface area contributed by atoms with Crippen molar-refractivity contribution in [3.63, 3.8) is 0 Å². The summed E-state index contributed by atoms with van der Waals surface area (Å²) in [5.74, 6) is 1.84. The topological polar surface area (TPSA) is 26.3 Å². The minimum absolute atomic E-state index is 0.208. The van der Waals surface area contributed by atoms with E-state index in [-0.39, 0.29) is 12.1 Å². The average Bonchev–Trinajstić information content (AvgIpc) is 1.63. The fraction of sp³-hybridized carbons (Fsp3) is 0.571. The molecule has 0 saturated heterocycles. The van der Waals surface area contributed by atoms with Crippen molar-refractivity contribution in [2.24, 2.45) is 0 Å². The lowest BCUT2D eigenvalue weighted by molar-refractivity contribution is -0.145. The number of hydrogen-bond acceptors (Lipinski definition) is 2. The van der Waals surface area contributed by atoms with Crippen LogP contribution in [0.3, 0.4) is 0 Å². The molecule has 0 spiro atoms. The third-order valence-corrected chi connectivity index (χ3v) is 0.757. The van der Waals surface area contributed by atoms with Gasteiger partial charge in [0.2, 0.25) is 0 Å². The lowest BCUT2D eigenvalue weighted by atomic mass is 10.3. The molecule has 0 rings (SSSR count). The molecule has 2 nitrogen and oxygen atoms in total. The Labute approximate surface area is 55.2 Å². The van der Waals surface area contributed by atoms with Gasteiger partial charge in [-0.1, -0.05) is 5.92 Å².